The van der Waals surface area contributed by atoms with Gasteiger partial charge in [-0.25, -0.2) is 9.48 Å². The summed E-state index contributed by atoms with van der Waals surface area (Å²) < 4.78 is 3.19. The summed E-state index contributed by atoms with van der Waals surface area (Å²) in [6.07, 6.45) is 5.44. The topological polar surface area (TPSA) is 66.5 Å². The Balaban J connectivity index is 1.60. The molecule has 1 N–H and O–H groups in total. The molecule has 2 heterocycles. The molecular formula is C17H31N5O2. The van der Waals surface area contributed by atoms with Crippen LogP contribution < -0.4 is 5.69 Å². The van der Waals surface area contributed by atoms with Gasteiger partial charge in [0.1, 0.15) is 6.33 Å². The van der Waals surface area contributed by atoms with E-state index in [-0.39, 0.29) is 17.8 Å². The zero-order valence-electron chi connectivity index (χ0n) is 15.1. The van der Waals surface area contributed by atoms with Crippen molar-refractivity contribution in [1.82, 2.24) is 24.1 Å². The van der Waals surface area contributed by atoms with Gasteiger partial charge in [-0.15, -0.1) is 0 Å². The molecule has 0 radical (unpaired) electrons. The maximum Gasteiger partial charge on any atom is 0.346 e. The minimum Gasteiger partial charge on any atom is -0.391 e. The van der Waals surface area contributed by atoms with Gasteiger partial charge in [0.05, 0.1) is 12.1 Å². The molecule has 1 aliphatic carbocycles. The third kappa shape index (κ3) is 3.58. The van der Waals surface area contributed by atoms with Gasteiger partial charge in [0.2, 0.25) is 0 Å². The third-order valence-corrected chi connectivity index (χ3v) is 5.92. The molecule has 0 bridgehead atoms. The SMILES string of the molecule is C[C@H](O)[C@H](C)n1ncn(C2CCC(N3CCN(C)CC3)CC2)c1=O. The highest BCUT2D eigenvalue weighted by atomic mass is 16.3. The van der Waals surface area contributed by atoms with E-state index in [0.29, 0.717) is 6.04 Å². The Morgan fingerprint density at radius 1 is 1.08 bits per heavy atom. The number of nitrogens with zero attached hydrogens (tertiary/aromatic N) is 5. The predicted molar refractivity (Wildman–Crippen MR) is 93.2 cm³/mol. The predicted octanol–water partition coefficient (Wildman–Crippen LogP) is 0.718. The van der Waals surface area contributed by atoms with Crippen molar-refractivity contribution in [1.29, 1.82) is 0 Å². The van der Waals surface area contributed by atoms with Crippen LogP contribution >= 0.6 is 0 Å². The standard InChI is InChI=1S/C17H31N5O2/c1-13(14(2)23)22-17(24)21(12-18-22)16-6-4-15(5-7-16)20-10-8-19(3)9-11-20/h12-16,23H,4-11H2,1-3H3/t13-,14-,15?,16?/m0/s1. The largest absolute Gasteiger partial charge is 0.391 e. The first kappa shape index (κ1) is 17.6. The van der Waals surface area contributed by atoms with Crippen molar-refractivity contribution in [2.75, 3.05) is 33.2 Å². The van der Waals surface area contributed by atoms with Crippen molar-refractivity contribution in [3.05, 3.63) is 16.8 Å². The maximum atomic E-state index is 12.6. The Morgan fingerprint density at radius 2 is 1.67 bits per heavy atom. The lowest BCUT2D eigenvalue weighted by Gasteiger charge is -2.41. The molecule has 7 nitrogen and oxygen atoms in total. The molecule has 1 saturated carbocycles. The number of aromatic nitrogens is 3. The molecule has 136 valence electrons. The van der Waals surface area contributed by atoms with Crippen LogP contribution in [-0.4, -0.2) is 74.6 Å². The summed E-state index contributed by atoms with van der Waals surface area (Å²) in [5.74, 6) is 0. The third-order valence-electron chi connectivity index (χ3n) is 5.92. The van der Waals surface area contributed by atoms with Crippen LogP contribution in [0.1, 0.15) is 51.6 Å². The molecule has 1 aromatic heterocycles. The molecule has 2 atom stereocenters. The van der Waals surface area contributed by atoms with Gasteiger partial charge in [-0.05, 0) is 46.6 Å². The fraction of sp³-hybridized carbons (Fsp3) is 0.882. The van der Waals surface area contributed by atoms with Crippen LogP contribution in [-0.2, 0) is 0 Å². The van der Waals surface area contributed by atoms with Crippen molar-refractivity contribution >= 4 is 0 Å². The van der Waals surface area contributed by atoms with E-state index in [9.17, 15) is 9.90 Å². The first-order chi connectivity index (χ1) is 11.5. The molecule has 7 heteroatoms. The number of aliphatic hydroxyl groups is 1. The highest BCUT2D eigenvalue weighted by molar-refractivity contribution is 4.87. The molecular weight excluding hydrogens is 306 g/mol. The molecule has 0 spiro atoms. The van der Waals surface area contributed by atoms with E-state index in [4.69, 9.17) is 0 Å². The Morgan fingerprint density at radius 3 is 2.25 bits per heavy atom. The van der Waals surface area contributed by atoms with Crippen LogP contribution in [0.5, 0.6) is 0 Å². The molecule has 0 amide bonds. The molecule has 1 aromatic rings. The number of likely N-dealkylation sites (N-methyl/N-ethyl adjacent to an activating group) is 1. The van der Waals surface area contributed by atoms with E-state index >= 15 is 0 Å². The van der Waals surface area contributed by atoms with Crippen molar-refractivity contribution in [2.24, 2.45) is 0 Å². The average molecular weight is 337 g/mol. The number of hydrogen-bond acceptors (Lipinski definition) is 5. The molecule has 0 unspecified atom stereocenters. The van der Waals surface area contributed by atoms with Crippen LogP contribution in [0.2, 0.25) is 0 Å². The molecule has 1 saturated heterocycles. The lowest BCUT2D eigenvalue weighted by molar-refractivity contribution is 0.0817. The van der Waals surface area contributed by atoms with E-state index in [1.54, 1.807) is 17.8 Å². The van der Waals surface area contributed by atoms with Crippen LogP contribution in [0.3, 0.4) is 0 Å². The van der Waals surface area contributed by atoms with Crippen LogP contribution in [0.15, 0.2) is 11.1 Å². The number of piperazine rings is 1. The van der Waals surface area contributed by atoms with Gasteiger partial charge in [-0.1, -0.05) is 0 Å². The van der Waals surface area contributed by atoms with Gasteiger partial charge < -0.3 is 10.0 Å². The summed E-state index contributed by atoms with van der Waals surface area (Å²) >= 11 is 0. The maximum absolute atomic E-state index is 12.6. The number of hydrogen-bond donors (Lipinski definition) is 1. The minimum atomic E-state index is -0.584. The van der Waals surface area contributed by atoms with Gasteiger partial charge in [0.15, 0.2) is 0 Å². The van der Waals surface area contributed by atoms with Gasteiger partial charge >= 0.3 is 5.69 Å². The van der Waals surface area contributed by atoms with E-state index in [1.807, 2.05) is 6.92 Å². The lowest BCUT2D eigenvalue weighted by atomic mass is 9.89. The summed E-state index contributed by atoms with van der Waals surface area (Å²) in [7, 11) is 2.19. The first-order valence-electron chi connectivity index (χ1n) is 9.23. The van der Waals surface area contributed by atoms with Gasteiger partial charge in [-0.3, -0.25) is 9.47 Å². The van der Waals surface area contributed by atoms with Crippen molar-refractivity contribution in [3.63, 3.8) is 0 Å². The number of rotatable bonds is 4. The zero-order valence-corrected chi connectivity index (χ0v) is 15.1. The first-order valence-corrected chi connectivity index (χ1v) is 9.23. The molecule has 2 fully saturated rings. The quantitative estimate of drug-likeness (QED) is 0.877. The van der Waals surface area contributed by atoms with Crippen molar-refractivity contribution in [2.45, 2.75) is 63.8 Å². The minimum absolute atomic E-state index is 0.0913. The highest BCUT2D eigenvalue weighted by Crippen LogP contribution is 2.30. The molecule has 3 rings (SSSR count). The van der Waals surface area contributed by atoms with Crippen LogP contribution in [0.25, 0.3) is 0 Å². The number of aliphatic hydroxyl groups excluding tert-OH is 1. The highest BCUT2D eigenvalue weighted by Gasteiger charge is 2.29. The van der Waals surface area contributed by atoms with Crippen LogP contribution in [0.4, 0.5) is 0 Å². The summed E-state index contributed by atoms with van der Waals surface area (Å²) in [6, 6.07) is 0.619. The fourth-order valence-corrected chi connectivity index (χ4v) is 3.95. The van der Waals surface area contributed by atoms with Crippen LogP contribution in [0, 0.1) is 0 Å². The van der Waals surface area contributed by atoms with E-state index in [1.165, 1.54) is 4.68 Å². The second kappa shape index (κ2) is 7.37. The van der Waals surface area contributed by atoms with E-state index in [2.05, 4.69) is 21.9 Å². The fourth-order valence-electron chi connectivity index (χ4n) is 3.95. The summed E-state index contributed by atoms with van der Waals surface area (Å²) in [5.41, 5.74) is -0.0913. The average Bonchev–Trinajstić information content (AvgIpc) is 2.96. The molecule has 24 heavy (non-hydrogen) atoms. The molecule has 1 aliphatic heterocycles. The Bertz CT molecular complexity index is 580. The normalized spacial score (nSPS) is 29.5. The Hall–Kier alpha value is -1.18. The zero-order chi connectivity index (χ0) is 17.3. The summed E-state index contributed by atoms with van der Waals surface area (Å²) in [4.78, 5) is 17.6. The Kier molecular flexibility index (Phi) is 5.42. The molecule has 2 aliphatic rings. The molecule has 0 aromatic carbocycles. The van der Waals surface area contributed by atoms with Gasteiger partial charge in [0, 0.05) is 38.3 Å². The second-order valence-corrected chi connectivity index (χ2v) is 7.55. The smallest absolute Gasteiger partial charge is 0.346 e. The van der Waals surface area contributed by atoms with Gasteiger partial charge in [0.25, 0.3) is 0 Å². The van der Waals surface area contributed by atoms with Gasteiger partial charge in [-0.2, -0.15) is 5.10 Å². The lowest BCUT2D eigenvalue weighted by Crippen LogP contribution is -2.50. The monoisotopic (exact) mass is 337 g/mol. The Labute approximate surface area is 143 Å². The van der Waals surface area contributed by atoms with Crippen molar-refractivity contribution < 1.29 is 5.11 Å². The van der Waals surface area contributed by atoms with E-state index < -0.39 is 6.10 Å². The summed E-state index contributed by atoms with van der Waals surface area (Å²) in [6.45, 7) is 8.16. The van der Waals surface area contributed by atoms with Crippen molar-refractivity contribution in [3.8, 4) is 0 Å². The summed E-state index contributed by atoms with van der Waals surface area (Å²) in [5, 5.41) is 13.9. The second-order valence-electron chi connectivity index (χ2n) is 7.55. The van der Waals surface area contributed by atoms with E-state index in [0.717, 1.165) is 51.9 Å².